The number of nitro benzene ring substituents is 1. The lowest BCUT2D eigenvalue weighted by molar-refractivity contribution is -0.384. The van der Waals surface area contributed by atoms with Crippen molar-refractivity contribution in [2.45, 2.75) is 25.5 Å². The van der Waals surface area contributed by atoms with E-state index in [1.54, 1.807) is 12.1 Å². The molecule has 7 heteroatoms. The van der Waals surface area contributed by atoms with E-state index >= 15 is 0 Å². The van der Waals surface area contributed by atoms with E-state index in [0.717, 1.165) is 50.3 Å². The second-order valence-corrected chi connectivity index (χ2v) is 6.22. The first-order valence-electron chi connectivity index (χ1n) is 8.13. The maximum Gasteiger partial charge on any atom is 0.271 e. The maximum absolute atomic E-state index is 11.2. The van der Waals surface area contributed by atoms with Crippen molar-refractivity contribution in [3.63, 3.8) is 0 Å². The fourth-order valence-corrected chi connectivity index (χ4v) is 3.19. The van der Waals surface area contributed by atoms with Gasteiger partial charge in [0, 0.05) is 50.5 Å². The van der Waals surface area contributed by atoms with Crippen LogP contribution in [0.15, 0.2) is 18.2 Å². The molecule has 0 spiro atoms. The maximum atomic E-state index is 11.2. The number of aliphatic hydroxyl groups is 1. The van der Waals surface area contributed by atoms with E-state index in [1.807, 2.05) is 6.07 Å². The molecule has 1 aromatic rings. The highest BCUT2D eigenvalue weighted by atomic mass is 16.6. The number of hydrogen-bond acceptors (Lipinski definition) is 6. The third-order valence-corrected chi connectivity index (χ3v) is 4.51. The molecule has 0 radical (unpaired) electrons. The number of hydrogen-bond donors (Lipinski definition) is 1. The summed E-state index contributed by atoms with van der Waals surface area (Å²) < 4.78 is 5.35. The summed E-state index contributed by atoms with van der Waals surface area (Å²) in [6, 6.07) is 5.35. The molecule has 1 N–H and O–H groups in total. The van der Waals surface area contributed by atoms with Crippen LogP contribution in [0.5, 0.6) is 0 Å². The van der Waals surface area contributed by atoms with Crippen LogP contribution in [-0.4, -0.2) is 60.4 Å². The number of piperidine rings is 1. The molecule has 2 saturated heterocycles. The van der Waals surface area contributed by atoms with E-state index in [4.69, 9.17) is 4.74 Å². The van der Waals surface area contributed by atoms with Crippen LogP contribution in [0.2, 0.25) is 0 Å². The number of nitro groups is 1. The molecule has 0 atom stereocenters. The van der Waals surface area contributed by atoms with Crippen molar-refractivity contribution >= 4 is 11.4 Å². The predicted molar refractivity (Wildman–Crippen MR) is 86.6 cm³/mol. The number of morpholine rings is 1. The van der Waals surface area contributed by atoms with Crippen LogP contribution in [0.3, 0.4) is 0 Å². The molecule has 7 nitrogen and oxygen atoms in total. The van der Waals surface area contributed by atoms with Gasteiger partial charge in [0.25, 0.3) is 5.69 Å². The summed E-state index contributed by atoms with van der Waals surface area (Å²) in [5, 5.41) is 20.8. The van der Waals surface area contributed by atoms with Crippen molar-refractivity contribution in [2.75, 3.05) is 44.3 Å². The molecule has 2 heterocycles. The smallest absolute Gasteiger partial charge is 0.271 e. The number of rotatable bonds is 4. The summed E-state index contributed by atoms with van der Waals surface area (Å²) in [6.07, 6.45) is 1.33. The molecule has 2 aliphatic rings. The molecule has 0 aromatic heterocycles. The largest absolute Gasteiger partial charge is 0.393 e. The van der Waals surface area contributed by atoms with E-state index in [0.29, 0.717) is 19.8 Å². The molecule has 0 aliphatic carbocycles. The zero-order valence-electron chi connectivity index (χ0n) is 13.2. The number of non-ortho nitro benzene ring substituents is 1. The fraction of sp³-hybridized carbons (Fsp3) is 0.625. The number of nitrogens with zero attached hydrogens (tertiary/aromatic N) is 3. The molecule has 0 saturated carbocycles. The Morgan fingerprint density at radius 3 is 2.52 bits per heavy atom. The van der Waals surface area contributed by atoms with Crippen LogP contribution in [0, 0.1) is 10.1 Å². The summed E-state index contributed by atoms with van der Waals surface area (Å²) in [6.45, 7) is 5.18. The van der Waals surface area contributed by atoms with Gasteiger partial charge in [0.15, 0.2) is 0 Å². The predicted octanol–water partition coefficient (Wildman–Crippen LogP) is 1.39. The second-order valence-electron chi connectivity index (χ2n) is 6.22. The van der Waals surface area contributed by atoms with Crippen molar-refractivity contribution in [1.82, 2.24) is 4.90 Å². The first-order valence-corrected chi connectivity index (χ1v) is 8.13. The van der Waals surface area contributed by atoms with Gasteiger partial charge in [0.1, 0.15) is 0 Å². The molecule has 2 fully saturated rings. The summed E-state index contributed by atoms with van der Waals surface area (Å²) in [4.78, 5) is 15.3. The lowest BCUT2D eigenvalue weighted by Crippen LogP contribution is -2.37. The SMILES string of the molecule is O=[N+]([O-])c1cc(CN2CCC(O)CC2)cc(N2CCOCC2)c1. The molecular weight excluding hydrogens is 298 g/mol. The number of benzene rings is 1. The number of anilines is 1. The molecular formula is C16H23N3O4. The Labute approximate surface area is 135 Å². The Balaban J connectivity index is 1.78. The zero-order chi connectivity index (χ0) is 16.2. The lowest BCUT2D eigenvalue weighted by atomic mass is 10.1. The van der Waals surface area contributed by atoms with Crippen molar-refractivity contribution < 1.29 is 14.8 Å². The van der Waals surface area contributed by atoms with E-state index in [1.165, 1.54) is 0 Å². The minimum atomic E-state index is -0.326. The summed E-state index contributed by atoms with van der Waals surface area (Å²) in [7, 11) is 0. The van der Waals surface area contributed by atoms with Crippen molar-refractivity contribution in [2.24, 2.45) is 0 Å². The third kappa shape index (κ3) is 4.19. The average molecular weight is 321 g/mol. The van der Waals surface area contributed by atoms with E-state index < -0.39 is 0 Å². The van der Waals surface area contributed by atoms with E-state index in [2.05, 4.69) is 9.80 Å². The Morgan fingerprint density at radius 1 is 1.17 bits per heavy atom. The van der Waals surface area contributed by atoms with E-state index in [-0.39, 0.29) is 16.7 Å². The van der Waals surface area contributed by atoms with Gasteiger partial charge in [-0.2, -0.15) is 0 Å². The van der Waals surface area contributed by atoms with Crippen LogP contribution in [0.4, 0.5) is 11.4 Å². The normalized spacial score (nSPS) is 20.7. The van der Waals surface area contributed by atoms with Crippen LogP contribution in [0.25, 0.3) is 0 Å². The Hall–Kier alpha value is -1.70. The molecule has 3 rings (SSSR count). The van der Waals surface area contributed by atoms with Crippen LogP contribution < -0.4 is 4.90 Å². The molecule has 1 aromatic carbocycles. The van der Waals surface area contributed by atoms with Crippen LogP contribution in [-0.2, 0) is 11.3 Å². The van der Waals surface area contributed by atoms with Gasteiger partial charge in [-0.3, -0.25) is 15.0 Å². The Morgan fingerprint density at radius 2 is 1.87 bits per heavy atom. The molecule has 0 bridgehead atoms. The second kappa shape index (κ2) is 7.25. The topological polar surface area (TPSA) is 79.1 Å². The molecule has 0 unspecified atom stereocenters. The minimum absolute atomic E-state index is 0.140. The highest BCUT2D eigenvalue weighted by Gasteiger charge is 2.20. The standard InChI is InChI=1S/C16H23N3O4/c20-16-1-3-17(4-2-16)12-13-9-14(11-15(10-13)19(21)22)18-5-7-23-8-6-18/h9-11,16,20H,1-8,12H2. The van der Waals surface area contributed by atoms with Crippen molar-refractivity contribution in [1.29, 1.82) is 0 Å². The molecule has 126 valence electrons. The van der Waals surface area contributed by atoms with Gasteiger partial charge in [-0.25, -0.2) is 0 Å². The molecule has 2 aliphatic heterocycles. The highest BCUT2D eigenvalue weighted by Crippen LogP contribution is 2.26. The Kier molecular flexibility index (Phi) is 5.09. The van der Waals surface area contributed by atoms with Crippen LogP contribution in [0.1, 0.15) is 18.4 Å². The number of aliphatic hydroxyl groups excluding tert-OH is 1. The van der Waals surface area contributed by atoms with Gasteiger partial charge in [-0.1, -0.05) is 0 Å². The average Bonchev–Trinajstić information content (AvgIpc) is 2.57. The number of ether oxygens (including phenoxy) is 1. The first kappa shape index (κ1) is 16.2. The van der Waals surface area contributed by atoms with Gasteiger partial charge in [-0.05, 0) is 24.5 Å². The highest BCUT2D eigenvalue weighted by molar-refractivity contribution is 5.56. The zero-order valence-corrected chi connectivity index (χ0v) is 13.2. The van der Waals surface area contributed by atoms with Gasteiger partial charge < -0.3 is 14.7 Å². The lowest BCUT2D eigenvalue weighted by Gasteiger charge is -2.31. The minimum Gasteiger partial charge on any atom is -0.393 e. The quantitative estimate of drug-likeness (QED) is 0.667. The Bertz CT molecular complexity index is 552. The summed E-state index contributed by atoms with van der Waals surface area (Å²) in [5.74, 6) is 0. The third-order valence-electron chi connectivity index (χ3n) is 4.51. The van der Waals surface area contributed by atoms with Crippen molar-refractivity contribution in [3.05, 3.63) is 33.9 Å². The summed E-state index contributed by atoms with van der Waals surface area (Å²) >= 11 is 0. The van der Waals surface area contributed by atoms with Gasteiger partial charge in [0.2, 0.25) is 0 Å². The van der Waals surface area contributed by atoms with Crippen LogP contribution >= 0.6 is 0 Å². The first-order chi connectivity index (χ1) is 11.1. The van der Waals surface area contributed by atoms with Gasteiger partial charge in [0.05, 0.1) is 24.2 Å². The monoisotopic (exact) mass is 321 g/mol. The molecule has 23 heavy (non-hydrogen) atoms. The van der Waals surface area contributed by atoms with Gasteiger partial charge in [-0.15, -0.1) is 0 Å². The fourth-order valence-electron chi connectivity index (χ4n) is 3.19. The number of likely N-dealkylation sites (tertiary alicyclic amines) is 1. The van der Waals surface area contributed by atoms with Crippen molar-refractivity contribution in [3.8, 4) is 0 Å². The van der Waals surface area contributed by atoms with E-state index in [9.17, 15) is 15.2 Å². The van der Waals surface area contributed by atoms with Gasteiger partial charge >= 0.3 is 0 Å². The molecule has 0 amide bonds. The summed E-state index contributed by atoms with van der Waals surface area (Å²) in [5.41, 5.74) is 1.99.